The monoisotopic (exact) mass is 303 g/mol. The van der Waals surface area contributed by atoms with Gasteiger partial charge in [-0.15, -0.1) is 0 Å². The second kappa shape index (κ2) is 5.17. The summed E-state index contributed by atoms with van der Waals surface area (Å²) in [7, 11) is 0. The number of anilines is 1. The number of carbonyl (C=O) groups is 1. The van der Waals surface area contributed by atoms with Crippen LogP contribution in [-0.2, 0) is 9.53 Å². The third kappa shape index (κ3) is 2.75. The van der Waals surface area contributed by atoms with Gasteiger partial charge in [-0.25, -0.2) is 0 Å². The molecule has 5 heteroatoms. The molecule has 2 rings (SSSR count). The Morgan fingerprint density at radius 2 is 2.38 bits per heavy atom. The van der Waals surface area contributed by atoms with Gasteiger partial charge in [0.25, 0.3) is 5.91 Å². The summed E-state index contributed by atoms with van der Waals surface area (Å²) in [5.41, 5.74) is 0.719. The number of benzene rings is 1. The van der Waals surface area contributed by atoms with E-state index < -0.39 is 0 Å². The number of carbonyl (C=O) groups excluding carboxylic acids is 1. The van der Waals surface area contributed by atoms with Crippen molar-refractivity contribution in [1.82, 2.24) is 0 Å². The number of ether oxygens (including phenoxy) is 1. The van der Waals surface area contributed by atoms with Crippen LogP contribution in [0.3, 0.4) is 0 Å². The quantitative estimate of drug-likeness (QED) is 0.911. The Kier molecular flexibility index (Phi) is 3.84. The van der Waals surface area contributed by atoms with Crippen LogP contribution in [0.2, 0.25) is 5.02 Å². The van der Waals surface area contributed by atoms with Crippen LogP contribution in [0.4, 0.5) is 5.69 Å². The molecule has 1 amide bonds. The summed E-state index contributed by atoms with van der Waals surface area (Å²) in [6.45, 7) is 0.669. The Labute approximate surface area is 107 Å². The minimum absolute atomic E-state index is 0.0910. The zero-order valence-corrected chi connectivity index (χ0v) is 10.8. The van der Waals surface area contributed by atoms with E-state index in [9.17, 15) is 4.79 Å². The van der Waals surface area contributed by atoms with Gasteiger partial charge in [0.2, 0.25) is 0 Å². The van der Waals surface area contributed by atoms with Gasteiger partial charge in [0.1, 0.15) is 6.10 Å². The van der Waals surface area contributed by atoms with E-state index >= 15 is 0 Å². The van der Waals surface area contributed by atoms with Gasteiger partial charge in [-0.05, 0) is 47.0 Å². The second-order valence-electron chi connectivity index (χ2n) is 3.62. The molecule has 1 fully saturated rings. The lowest BCUT2D eigenvalue weighted by Crippen LogP contribution is -2.26. The first-order valence-corrected chi connectivity index (χ1v) is 6.21. The minimum Gasteiger partial charge on any atom is -0.368 e. The van der Waals surface area contributed by atoms with Crippen molar-refractivity contribution in [2.75, 3.05) is 11.9 Å². The molecule has 1 saturated heterocycles. The van der Waals surface area contributed by atoms with Crippen molar-refractivity contribution in [1.29, 1.82) is 0 Å². The Hall–Kier alpha value is -0.580. The highest BCUT2D eigenvalue weighted by Crippen LogP contribution is 2.26. The van der Waals surface area contributed by atoms with Gasteiger partial charge in [0.15, 0.2) is 0 Å². The molecule has 1 aliphatic rings. The standard InChI is InChI=1S/C11H11BrClNO2/c12-8-6-7(3-4-9(8)13)14-11(15)10-2-1-5-16-10/h3-4,6,10H,1-2,5H2,(H,14,15)/t10-/m0/s1. The Morgan fingerprint density at radius 1 is 1.56 bits per heavy atom. The molecule has 86 valence electrons. The van der Waals surface area contributed by atoms with Gasteiger partial charge >= 0.3 is 0 Å². The first kappa shape index (κ1) is 11.9. The van der Waals surface area contributed by atoms with Gasteiger partial charge in [0, 0.05) is 16.8 Å². The molecule has 0 radical (unpaired) electrons. The van der Waals surface area contributed by atoms with E-state index in [4.69, 9.17) is 16.3 Å². The maximum absolute atomic E-state index is 11.7. The van der Waals surface area contributed by atoms with Crippen molar-refractivity contribution in [2.24, 2.45) is 0 Å². The van der Waals surface area contributed by atoms with Crippen molar-refractivity contribution in [3.63, 3.8) is 0 Å². The topological polar surface area (TPSA) is 38.3 Å². The fourth-order valence-corrected chi connectivity index (χ4v) is 2.08. The van der Waals surface area contributed by atoms with Crippen LogP contribution < -0.4 is 5.32 Å². The molecular formula is C11H11BrClNO2. The fraction of sp³-hybridized carbons (Fsp3) is 0.364. The van der Waals surface area contributed by atoms with Crippen LogP contribution in [0.25, 0.3) is 0 Å². The lowest BCUT2D eigenvalue weighted by atomic mass is 10.2. The molecule has 1 N–H and O–H groups in total. The average Bonchev–Trinajstić information content (AvgIpc) is 2.77. The van der Waals surface area contributed by atoms with Gasteiger partial charge in [-0.3, -0.25) is 4.79 Å². The lowest BCUT2D eigenvalue weighted by molar-refractivity contribution is -0.124. The van der Waals surface area contributed by atoms with E-state index in [-0.39, 0.29) is 12.0 Å². The molecule has 0 spiro atoms. The summed E-state index contributed by atoms with van der Waals surface area (Å²) >= 11 is 9.17. The number of nitrogens with one attached hydrogen (secondary N) is 1. The van der Waals surface area contributed by atoms with Crippen LogP contribution in [0.1, 0.15) is 12.8 Å². The number of rotatable bonds is 2. The predicted octanol–water partition coefficient (Wildman–Crippen LogP) is 3.22. The van der Waals surface area contributed by atoms with Gasteiger partial charge < -0.3 is 10.1 Å². The smallest absolute Gasteiger partial charge is 0.253 e. The SMILES string of the molecule is O=C(Nc1ccc(Cl)c(Br)c1)[C@@H]1CCCO1. The summed E-state index contributed by atoms with van der Waals surface area (Å²) in [5.74, 6) is -0.0910. The van der Waals surface area contributed by atoms with Gasteiger partial charge in [0.05, 0.1) is 5.02 Å². The Bertz CT molecular complexity index is 405. The molecule has 1 aromatic carbocycles. The molecule has 1 heterocycles. The molecule has 3 nitrogen and oxygen atoms in total. The number of halogens is 2. The molecule has 1 aromatic rings. The highest BCUT2D eigenvalue weighted by molar-refractivity contribution is 9.10. The first-order chi connectivity index (χ1) is 7.66. The van der Waals surface area contributed by atoms with Crippen LogP contribution in [-0.4, -0.2) is 18.6 Å². The normalized spacial score (nSPS) is 19.8. The number of amides is 1. The number of hydrogen-bond acceptors (Lipinski definition) is 2. The second-order valence-corrected chi connectivity index (χ2v) is 4.88. The van der Waals surface area contributed by atoms with Crippen molar-refractivity contribution in [2.45, 2.75) is 18.9 Å². The zero-order valence-electron chi connectivity index (χ0n) is 8.50. The Balaban J connectivity index is 2.02. The Morgan fingerprint density at radius 3 is 3.00 bits per heavy atom. The van der Waals surface area contributed by atoms with Crippen molar-refractivity contribution in [3.8, 4) is 0 Å². The van der Waals surface area contributed by atoms with Crippen molar-refractivity contribution in [3.05, 3.63) is 27.7 Å². The lowest BCUT2D eigenvalue weighted by Gasteiger charge is -2.10. The van der Waals surface area contributed by atoms with E-state index in [2.05, 4.69) is 21.2 Å². The zero-order chi connectivity index (χ0) is 11.5. The summed E-state index contributed by atoms with van der Waals surface area (Å²) in [4.78, 5) is 11.7. The predicted molar refractivity (Wildman–Crippen MR) is 66.8 cm³/mol. The van der Waals surface area contributed by atoms with E-state index in [1.165, 1.54) is 0 Å². The highest BCUT2D eigenvalue weighted by atomic mass is 79.9. The van der Waals surface area contributed by atoms with E-state index in [1.807, 2.05) is 0 Å². The van der Waals surface area contributed by atoms with Gasteiger partial charge in [-0.2, -0.15) is 0 Å². The molecule has 0 bridgehead atoms. The highest BCUT2D eigenvalue weighted by Gasteiger charge is 2.23. The molecular weight excluding hydrogens is 293 g/mol. The molecule has 1 aliphatic heterocycles. The van der Waals surface area contributed by atoms with Crippen LogP contribution in [0, 0.1) is 0 Å². The van der Waals surface area contributed by atoms with Crippen molar-refractivity contribution < 1.29 is 9.53 Å². The van der Waals surface area contributed by atoms with E-state index in [0.29, 0.717) is 11.6 Å². The third-order valence-electron chi connectivity index (χ3n) is 2.41. The maximum Gasteiger partial charge on any atom is 0.253 e. The first-order valence-electron chi connectivity index (χ1n) is 5.04. The average molecular weight is 305 g/mol. The molecule has 0 saturated carbocycles. The fourth-order valence-electron chi connectivity index (χ4n) is 1.58. The minimum atomic E-state index is -0.311. The largest absolute Gasteiger partial charge is 0.368 e. The molecule has 0 aromatic heterocycles. The molecule has 16 heavy (non-hydrogen) atoms. The summed E-state index contributed by atoms with van der Waals surface area (Å²) in [5, 5.41) is 3.42. The molecule has 0 aliphatic carbocycles. The summed E-state index contributed by atoms with van der Waals surface area (Å²) in [6, 6.07) is 5.27. The molecule has 1 atom stereocenters. The van der Waals surface area contributed by atoms with Crippen LogP contribution in [0.5, 0.6) is 0 Å². The molecule has 0 unspecified atom stereocenters. The van der Waals surface area contributed by atoms with Gasteiger partial charge in [-0.1, -0.05) is 11.6 Å². The van der Waals surface area contributed by atoms with E-state index in [0.717, 1.165) is 23.0 Å². The maximum atomic E-state index is 11.7. The summed E-state index contributed by atoms with van der Waals surface area (Å²) < 4.78 is 6.05. The summed E-state index contributed by atoms with van der Waals surface area (Å²) in [6.07, 6.45) is 1.43. The van der Waals surface area contributed by atoms with Crippen LogP contribution in [0.15, 0.2) is 22.7 Å². The third-order valence-corrected chi connectivity index (χ3v) is 3.62. The van der Waals surface area contributed by atoms with Crippen molar-refractivity contribution >= 4 is 39.1 Å². The number of hydrogen-bond donors (Lipinski definition) is 1. The van der Waals surface area contributed by atoms with Crippen LogP contribution >= 0.6 is 27.5 Å². The van der Waals surface area contributed by atoms with E-state index in [1.54, 1.807) is 18.2 Å².